The van der Waals surface area contributed by atoms with Gasteiger partial charge in [-0.2, -0.15) is 0 Å². The van der Waals surface area contributed by atoms with E-state index >= 15 is 0 Å². The van der Waals surface area contributed by atoms with Crippen LogP contribution in [0.5, 0.6) is 0 Å². The zero-order chi connectivity index (χ0) is 13.1. The van der Waals surface area contributed by atoms with Gasteiger partial charge < -0.3 is 5.32 Å². The molecule has 2 unspecified atom stereocenters. The Kier molecular flexibility index (Phi) is 3.90. The van der Waals surface area contributed by atoms with Gasteiger partial charge in [-0.3, -0.25) is 0 Å². The first-order chi connectivity index (χ1) is 9.34. The second kappa shape index (κ2) is 5.81. The van der Waals surface area contributed by atoms with Gasteiger partial charge in [0.1, 0.15) is 0 Å². The van der Waals surface area contributed by atoms with Gasteiger partial charge in [0.25, 0.3) is 0 Å². The molecule has 0 saturated carbocycles. The molecule has 1 N–H and O–H groups in total. The smallest absolute Gasteiger partial charge is 0.0645 e. The summed E-state index contributed by atoms with van der Waals surface area (Å²) in [6, 6.07) is 22.3. The SMILES string of the molecule is CC1CSC(C(c2ccccc2)c2ccccc2)N1. The van der Waals surface area contributed by atoms with Gasteiger partial charge in [0.05, 0.1) is 5.37 Å². The highest BCUT2D eigenvalue weighted by Gasteiger charge is 2.30. The molecule has 0 amide bonds. The quantitative estimate of drug-likeness (QED) is 0.908. The first kappa shape index (κ1) is 12.8. The molecule has 98 valence electrons. The standard InChI is InChI=1S/C17H19NS/c1-13-12-19-17(18-13)16(14-8-4-2-5-9-14)15-10-6-3-7-11-15/h2-11,13,16-18H,12H2,1H3. The van der Waals surface area contributed by atoms with Gasteiger partial charge in [-0.15, -0.1) is 11.8 Å². The molecular weight excluding hydrogens is 250 g/mol. The average molecular weight is 269 g/mol. The lowest BCUT2D eigenvalue weighted by Gasteiger charge is -2.24. The summed E-state index contributed by atoms with van der Waals surface area (Å²) in [6.07, 6.45) is 0. The number of thioether (sulfide) groups is 1. The van der Waals surface area contributed by atoms with Crippen LogP contribution in [0.15, 0.2) is 60.7 Å². The molecule has 1 heterocycles. The third-order valence-electron chi connectivity index (χ3n) is 3.59. The zero-order valence-electron chi connectivity index (χ0n) is 11.1. The predicted molar refractivity (Wildman–Crippen MR) is 83.6 cm³/mol. The van der Waals surface area contributed by atoms with Crippen LogP contribution >= 0.6 is 11.8 Å². The molecule has 1 fully saturated rings. The van der Waals surface area contributed by atoms with Gasteiger partial charge in [-0.1, -0.05) is 60.7 Å². The van der Waals surface area contributed by atoms with Crippen LogP contribution in [0, 0.1) is 0 Å². The minimum atomic E-state index is 0.428. The molecule has 1 nitrogen and oxygen atoms in total. The van der Waals surface area contributed by atoms with E-state index in [4.69, 9.17) is 0 Å². The summed E-state index contributed by atoms with van der Waals surface area (Å²) in [5.74, 6) is 1.62. The number of rotatable bonds is 3. The molecule has 2 atom stereocenters. The summed E-state index contributed by atoms with van der Waals surface area (Å²) in [5.41, 5.74) is 2.79. The van der Waals surface area contributed by atoms with Crippen molar-refractivity contribution < 1.29 is 0 Å². The maximum absolute atomic E-state index is 3.71. The van der Waals surface area contributed by atoms with Crippen molar-refractivity contribution in [3.63, 3.8) is 0 Å². The monoisotopic (exact) mass is 269 g/mol. The maximum Gasteiger partial charge on any atom is 0.0645 e. The Morgan fingerprint density at radius 1 is 0.947 bits per heavy atom. The van der Waals surface area contributed by atoms with Crippen LogP contribution in [0.1, 0.15) is 24.0 Å². The Morgan fingerprint density at radius 3 is 1.89 bits per heavy atom. The maximum atomic E-state index is 3.71. The zero-order valence-corrected chi connectivity index (χ0v) is 11.9. The summed E-state index contributed by atoms with van der Waals surface area (Å²) in [6.45, 7) is 2.26. The predicted octanol–water partition coefficient (Wildman–Crippen LogP) is 3.87. The normalized spacial score (nSPS) is 22.8. The van der Waals surface area contributed by atoms with Crippen molar-refractivity contribution in [3.8, 4) is 0 Å². The van der Waals surface area contributed by atoms with E-state index in [1.54, 1.807) is 0 Å². The molecular formula is C17H19NS. The van der Waals surface area contributed by atoms with E-state index in [-0.39, 0.29) is 0 Å². The summed E-state index contributed by atoms with van der Waals surface area (Å²) in [4.78, 5) is 0. The second-order valence-electron chi connectivity index (χ2n) is 5.12. The minimum Gasteiger partial charge on any atom is -0.301 e. The van der Waals surface area contributed by atoms with Crippen LogP contribution in [0.3, 0.4) is 0 Å². The first-order valence-electron chi connectivity index (χ1n) is 6.82. The average Bonchev–Trinajstić information content (AvgIpc) is 2.88. The van der Waals surface area contributed by atoms with Crippen molar-refractivity contribution in [2.45, 2.75) is 24.3 Å². The van der Waals surface area contributed by atoms with E-state index in [9.17, 15) is 0 Å². The lowest BCUT2D eigenvalue weighted by molar-refractivity contribution is 0.563. The van der Waals surface area contributed by atoms with E-state index < -0.39 is 0 Å². The summed E-state index contributed by atoms with van der Waals surface area (Å²) in [7, 11) is 0. The van der Waals surface area contributed by atoms with E-state index in [1.807, 2.05) is 11.8 Å². The molecule has 2 heteroatoms. The number of nitrogens with one attached hydrogen (secondary N) is 1. The molecule has 2 aromatic carbocycles. The molecule has 2 aromatic rings. The molecule has 0 bridgehead atoms. The third kappa shape index (κ3) is 2.85. The largest absolute Gasteiger partial charge is 0.301 e. The van der Waals surface area contributed by atoms with Crippen molar-refractivity contribution in [1.82, 2.24) is 5.32 Å². The lowest BCUT2D eigenvalue weighted by Crippen LogP contribution is -2.32. The molecule has 1 aliphatic rings. The van der Waals surface area contributed by atoms with Gasteiger partial charge in [0.15, 0.2) is 0 Å². The molecule has 0 aliphatic carbocycles. The van der Waals surface area contributed by atoms with E-state index in [2.05, 4.69) is 72.9 Å². The van der Waals surface area contributed by atoms with Crippen molar-refractivity contribution in [3.05, 3.63) is 71.8 Å². The van der Waals surface area contributed by atoms with Crippen molar-refractivity contribution in [2.24, 2.45) is 0 Å². The van der Waals surface area contributed by atoms with Crippen LogP contribution in [0.2, 0.25) is 0 Å². The topological polar surface area (TPSA) is 12.0 Å². The van der Waals surface area contributed by atoms with Gasteiger partial charge in [0, 0.05) is 17.7 Å². The molecule has 3 rings (SSSR count). The van der Waals surface area contributed by atoms with Crippen LogP contribution in [-0.4, -0.2) is 17.2 Å². The van der Waals surface area contributed by atoms with Crippen LogP contribution in [0.4, 0.5) is 0 Å². The fourth-order valence-electron chi connectivity index (χ4n) is 2.68. The fraction of sp³-hybridized carbons (Fsp3) is 0.294. The van der Waals surface area contributed by atoms with Gasteiger partial charge in [0.2, 0.25) is 0 Å². The minimum absolute atomic E-state index is 0.428. The number of hydrogen-bond donors (Lipinski definition) is 1. The summed E-state index contributed by atoms with van der Waals surface area (Å²) >= 11 is 2.04. The van der Waals surface area contributed by atoms with Gasteiger partial charge in [-0.25, -0.2) is 0 Å². The van der Waals surface area contributed by atoms with Crippen molar-refractivity contribution in [2.75, 3.05) is 5.75 Å². The highest BCUT2D eigenvalue weighted by atomic mass is 32.2. The molecule has 1 saturated heterocycles. The molecule has 0 radical (unpaired) electrons. The van der Waals surface area contributed by atoms with E-state index in [0.29, 0.717) is 17.3 Å². The first-order valence-corrected chi connectivity index (χ1v) is 7.87. The van der Waals surface area contributed by atoms with Crippen molar-refractivity contribution in [1.29, 1.82) is 0 Å². The summed E-state index contributed by atoms with van der Waals surface area (Å²) in [5, 5.41) is 4.19. The second-order valence-corrected chi connectivity index (χ2v) is 6.30. The Hall–Kier alpha value is -1.25. The van der Waals surface area contributed by atoms with E-state index in [0.717, 1.165) is 0 Å². The van der Waals surface area contributed by atoms with Gasteiger partial charge >= 0.3 is 0 Å². The third-order valence-corrected chi connectivity index (χ3v) is 5.05. The van der Waals surface area contributed by atoms with E-state index in [1.165, 1.54) is 16.9 Å². The molecule has 0 aromatic heterocycles. The Balaban J connectivity index is 1.97. The highest BCUT2D eigenvalue weighted by Crippen LogP contribution is 2.36. The van der Waals surface area contributed by atoms with Crippen LogP contribution in [0.25, 0.3) is 0 Å². The number of hydrogen-bond acceptors (Lipinski definition) is 2. The number of benzene rings is 2. The fourth-order valence-corrected chi connectivity index (χ4v) is 4.11. The summed E-state index contributed by atoms with van der Waals surface area (Å²) < 4.78 is 0. The van der Waals surface area contributed by atoms with Crippen molar-refractivity contribution >= 4 is 11.8 Å². The Bertz CT molecular complexity index is 472. The lowest BCUT2D eigenvalue weighted by atomic mass is 9.91. The molecule has 19 heavy (non-hydrogen) atoms. The Labute approximate surface area is 119 Å². The molecule has 1 aliphatic heterocycles. The van der Waals surface area contributed by atoms with Crippen LogP contribution in [-0.2, 0) is 0 Å². The van der Waals surface area contributed by atoms with Gasteiger partial charge in [-0.05, 0) is 18.1 Å². The molecule has 0 spiro atoms. The Morgan fingerprint density at radius 2 is 1.47 bits per heavy atom. The highest BCUT2D eigenvalue weighted by molar-refractivity contribution is 8.00. The van der Waals surface area contributed by atoms with Crippen LogP contribution < -0.4 is 5.32 Å².